The summed E-state index contributed by atoms with van der Waals surface area (Å²) in [5.41, 5.74) is 0.733. The van der Waals surface area contributed by atoms with Gasteiger partial charge < -0.3 is 19.8 Å². The van der Waals surface area contributed by atoms with Gasteiger partial charge in [-0.05, 0) is 38.1 Å². The molecule has 8 nitrogen and oxygen atoms in total. The molecule has 0 aliphatic heterocycles. The monoisotopic (exact) mass is 453 g/mol. The molecule has 0 saturated carbocycles. The van der Waals surface area contributed by atoms with Crippen LogP contribution in [0.2, 0.25) is 0 Å². The fourth-order valence-corrected chi connectivity index (χ4v) is 3.55. The number of benzene rings is 2. The van der Waals surface area contributed by atoms with Gasteiger partial charge >= 0.3 is 5.97 Å². The number of anilines is 1. The van der Waals surface area contributed by atoms with Crippen molar-refractivity contribution in [1.29, 1.82) is 0 Å². The molecule has 1 heterocycles. The van der Waals surface area contributed by atoms with Crippen LogP contribution >= 0.6 is 11.8 Å². The second-order valence-corrected chi connectivity index (χ2v) is 7.99. The lowest BCUT2D eigenvalue weighted by molar-refractivity contribution is -0.115. The number of amides is 1. The van der Waals surface area contributed by atoms with Crippen molar-refractivity contribution >= 4 is 29.3 Å². The van der Waals surface area contributed by atoms with Gasteiger partial charge in [-0.1, -0.05) is 42.1 Å². The third-order valence-corrected chi connectivity index (χ3v) is 5.23. The number of ether oxygens (including phenoxy) is 2. The molecule has 9 heteroatoms. The quantitative estimate of drug-likeness (QED) is 0.289. The molecule has 0 aliphatic carbocycles. The van der Waals surface area contributed by atoms with Crippen molar-refractivity contribution < 1.29 is 19.1 Å². The van der Waals surface area contributed by atoms with Crippen molar-refractivity contribution in [2.24, 2.45) is 0 Å². The Morgan fingerprint density at radius 2 is 1.84 bits per heavy atom. The van der Waals surface area contributed by atoms with Crippen molar-refractivity contribution in [3.63, 3.8) is 0 Å². The largest absolute Gasteiger partial charge is 0.487 e. The number of para-hydroxylation sites is 2. The number of nitrogens with zero attached hydrogens (tertiary/aromatic N) is 1. The maximum atomic E-state index is 12.7. The molecule has 166 valence electrons. The standard InChI is InChI=1S/C23H23N3O5S/c1-3-30-22(29)18-11-7-8-12-19(18)25-21(28)15(2)32-23-24-16(13-20(27)26-23)14-31-17-9-5-4-6-10-17/h4-13,15H,3,14H2,1-2H3,(H,25,28)(H,24,26,27). The zero-order chi connectivity index (χ0) is 22.9. The summed E-state index contributed by atoms with van der Waals surface area (Å²) in [6.45, 7) is 3.75. The zero-order valence-corrected chi connectivity index (χ0v) is 18.5. The Kier molecular flexibility index (Phi) is 8.04. The highest BCUT2D eigenvalue weighted by Gasteiger charge is 2.20. The van der Waals surface area contributed by atoms with Gasteiger partial charge in [0.25, 0.3) is 5.56 Å². The molecule has 0 fully saturated rings. The van der Waals surface area contributed by atoms with Crippen LogP contribution in [0.3, 0.4) is 0 Å². The molecule has 0 bridgehead atoms. The average Bonchev–Trinajstić information content (AvgIpc) is 2.78. The number of hydrogen-bond donors (Lipinski definition) is 2. The molecule has 1 unspecified atom stereocenters. The maximum absolute atomic E-state index is 12.7. The number of esters is 1. The van der Waals surface area contributed by atoms with Crippen LogP contribution in [0.1, 0.15) is 29.9 Å². The van der Waals surface area contributed by atoms with Crippen LogP contribution in [-0.2, 0) is 16.1 Å². The summed E-state index contributed by atoms with van der Waals surface area (Å²) in [4.78, 5) is 43.8. The van der Waals surface area contributed by atoms with Crippen molar-refractivity contribution in [2.45, 2.75) is 30.9 Å². The lowest BCUT2D eigenvalue weighted by Gasteiger charge is -2.14. The molecule has 2 aromatic carbocycles. The number of rotatable bonds is 9. The number of carbonyl (C=O) groups is 2. The summed E-state index contributed by atoms with van der Waals surface area (Å²) in [5, 5.41) is 2.44. The van der Waals surface area contributed by atoms with Crippen LogP contribution in [0.4, 0.5) is 5.69 Å². The highest BCUT2D eigenvalue weighted by molar-refractivity contribution is 8.00. The molecule has 1 atom stereocenters. The Hall–Kier alpha value is -3.59. The van der Waals surface area contributed by atoms with Crippen molar-refractivity contribution in [3.8, 4) is 5.75 Å². The Labute approximate surface area is 189 Å². The van der Waals surface area contributed by atoms with Crippen LogP contribution in [0.5, 0.6) is 5.75 Å². The van der Waals surface area contributed by atoms with Crippen molar-refractivity contribution in [1.82, 2.24) is 9.97 Å². The molecule has 1 amide bonds. The highest BCUT2D eigenvalue weighted by Crippen LogP contribution is 2.22. The van der Waals surface area contributed by atoms with Gasteiger partial charge in [-0.2, -0.15) is 0 Å². The molecule has 32 heavy (non-hydrogen) atoms. The van der Waals surface area contributed by atoms with Gasteiger partial charge in [-0.15, -0.1) is 0 Å². The molecule has 1 aromatic heterocycles. The first-order valence-electron chi connectivity index (χ1n) is 9.98. The molecule has 3 rings (SSSR count). The predicted octanol–water partition coefficient (Wildman–Crippen LogP) is 3.64. The highest BCUT2D eigenvalue weighted by atomic mass is 32.2. The van der Waals surface area contributed by atoms with E-state index in [1.807, 2.05) is 30.3 Å². The minimum Gasteiger partial charge on any atom is -0.487 e. The number of aromatic amines is 1. The molecule has 0 aliphatic rings. The van der Waals surface area contributed by atoms with E-state index >= 15 is 0 Å². The summed E-state index contributed by atoms with van der Waals surface area (Å²) in [6.07, 6.45) is 0. The molecular weight excluding hydrogens is 430 g/mol. The fourth-order valence-electron chi connectivity index (χ4n) is 2.72. The van der Waals surface area contributed by atoms with Crippen molar-refractivity contribution in [3.05, 3.63) is 82.3 Å². The minimum absolute atomic E-state index is 0.120. The second-order valence-electron chi connectivity index (χ2n) is 6.66. The third-order valence-electron chi connectivity index (χ3n) is 4.24. The van der Waals surface area contributed by atoms with Gasteiger partial charge in [-0.25, -0.2) is 9.78 Å². The van der Waals surface area contributed by atoms with E-state index in [1.54, 1.807) is 38.1 Å². The third kappa shape index (κ3) is 6.45. The molecule has 2 N–H and O–H groups in total. The molecule has 0 radical (unpaired) electrons. The number of hydrogen-bond acceptors (Lipinski definition) is 7. The number of H-pyrrole nitrogens is 1. The molecule has 0 saturated heterocycles. The van der Waals surface area contributed by atoms with Crippen LogP contribution in [-0.4, -0.2) is 33.7 Å². The average molecular weight is 454 g/mol. The van der Waals surface area contributed by atoms with E-state index in [0.717, 1.165) is 11.8 Å². The van der Waals surface area contributed by atoms with Crippen molar-refractivity contribution in [2.75, 3.05) is 11.9 Å². The molecular formula is C23H23N3O5S. The number of thioether (sulfide) groups is 1. The van der Waals surface area contributed by atoms with E-state index < -0.39 is 11.2 Å². The van der Waals surface area contributed by atoms with Gasteiger partial charge in [-0.3, -0.25) is 9.59 Å². The second kappa shape index (κ2) is 11.1. The number of carbonyl (C=O) groups excluding carboxylic acids is 2. The first-order valence-corrected chi connectivity index (χ1v) is 10.9. The minimum atomic E-state index is -0.598. The van der Waals surface area contributed by atoms with Crippen LogP contribution in [0.15, 0.2) is 70.6 Å². The van der Waals surface area contributed by atoms with Crippen LogP contribution in [0, 0.1) is 0 Å². The lowest BCUT2D eigenvalue weighted by Crippen LogP contribution is -2.24. The molecule has 0 spiro atoms. The number of aromatic nitrogens is 2. The summed E-state index contributed by atoms with van der Waals surface area (Å²) >= 11 is 1.09. The summed E-state index contributed by atoms with van der Waals surface area (Å²) in [6, 6.07) is 17.2. The van der Waals surface area contributed by atoms with E-state index in [0.29, 0.717) is 22.3 Å². The topological polar surface area (TPSA) is 110 Å². The van der Waals surface area contributed by atoms with Crippen LogP contribution in [0.25, 0.3) is 0 Å². The normalized spacial score (nSPS) is 11.4. The lowest BCUT2D eigenvalue weighted by atomic mass is 10.1. The van der Waals surface area contributed by atoms with Gasteiger partial charge in [0, 0.05) is 6.07 Å². The van der Waals surface area contributed by atoms with E-state index in [-0.39, 0.29) is 30.2 Å². The predicted molar refractivity (Wildman–Crippen MR) is 122 cm³/mol. The summed E-state index contributed by atoms with van der Waals surface area (Å²) in [5.74, 6) is -0.196. The summed E-state index contributed by atoms with van der Waals surface area (Å²) < 4.78 is 10.7. The Morgan fingerprint density at radius 1 is 1.12 bits per heavy atom. The van der Waals surface area contributed by atoms with Crippen LogP contribution < -0.4 is 15.6 Å². The van der Waals surface area contributed by atoms with E-state index in [4.69, 9.17) is 9.47 Å². The Morgan fingerprint density at radius 3 is 2.59 bits per heavy atom. The SMILES string of the molecule is CCOC(=O)c1ccccc1NC(=O)C(C)Sc1nc(COc2ccccc2)cc(=O)[nH]1. The Balaban J connectivity index is 1.66. The first-order chi connectivity index (χ1) is 15.5. The molecule has 3 aromatic rings. The fraction of sp³-hybridized carbons (Fsp3) is 0.217. The van der Waals surface area contributed by atoms with E-state index in [9.17, 15) is 14.4 Å². The number of nitrogens with one attached hydrogen (secondary N) is 2. The van der Waals surface area contributed by atoms with Gasteiger partial charge in [0.1, 0.15) is 12.4 Å². The first kappa shape index (κ1) is 23.1. The zero-order valence-electron chi connectivity index (χ0n) is 17.7. The Bertz CT molecular complexity index is 1130. The van der Waals surface area contributed by atoms with E-state index in [1.165, 1.54) is 6.07 Å². The smallest absolute Gasteiger partial charge is 0.340 e. The van der Waals surface area contributed by atoms with Gasteiger partial charge in [0.15, 0.2) is 5.16 Å². The van der Waals surface area contributed by atoms with E-state index in [2.05, 4.69) is 15.3 Å². The van der Waals surface area contributed by atoms with Gasteiger partial charge in [0.2, 0.25) is 5.91 Å². The maximum Gasteiger partial charge on any atom is 0.340 e. The van der Waals surface area contributed by atoms with Gasteiger partial charge in [0.05, 0.1) is 28.8 Å². The summed E-state index contributed by atoms with van der Waals surface area (Å²) in [7, 11) is 0.